The van der Waals surface area contributed by atoms with Crippen molar-refractivity contribution in [3.63, 3.8) is 0 Å². The molecule has 13 heteroatoms. The highest BCUT2D eigenvalue weighted by Gasteiger charge is 2.89. The summed E-state index contributed by atoms with van der Waals surface area (Å²) in [4.78, 5) is 80.5. The lowest BCUT2D eigenvalue weighted by Crippen LogP contribution is -2.74. The van der Waals surface area contributed by atoms with Gasteiger partial charge in [0, 0.05) is 23.5 Å². The number of esters is 5. The quantitative estimate of drug-likeness (QED) is 0.210. The van der Waals surface area contributed by atoms with Crippen LogP contribution in [0.15, 0.2) is 45.6 Å². The Bertz CT molecular complexity index is 2000. The highest BCUT2D eigenvalue weighted by atomic mass is 16.6. The summed E-state index contributed by atoms with van der Waals surface area (Å²) in [6.07, 6.45) is 2.72. The maximum absolute atomic E-state index is 14.4. The van der Waals surface area contributed by atoms with Gasteiger partial charge in [0.1, 0.15) is 31.0 Å². The molecule has 3 heterocycles. The van der Waals surface area contributed by atoms with Crippen LogP contribution in [-0.4, -0.2) is 88.6 Å². The van der Waals surface area contributed by atoms with Crippen LogP contribution in [0.4, 0.5) is 0 Å². The molecule has 0 amide bonds. The Balaban J connectivity index is 1.20. The number of aliphatic hydroxyl groups is 2. The normalized spacial score (nSPS) is 49.8. The fourth-order valence-electron chi connectivity index (χ4n) is 12.9. The molecule has 1 spiro atoms. The monoisotopic (exact) mass is 716 g/mol. The second-order valence-electron chi connectivity index (χ2n) is 17.3. The molecular formula is C39H40O13. The summed E-state index contributed by atoms with van der Waals surface area (Å²) in [5.41, 5.74) is -4.96. The van der Waals surface area contributed by atoms with Crippen LogP contribution in [0.3, 0.4) is 0 Å². The highest BCUT2D eigenvalue weighted by Crippen LogP contribution is 2.84. The minimum atomic E-state index is -1.82. The summed E-state index contributed by atoms with van der Waals surface area (Å²) < 4.78 is 29.0. The number of ketones is 1. The highest BCUT2D eigenvalue weighted by molar-refractivity contribution is 6.05. The number of Topliss-reactive ketones (excluding diaryl/α,β-unsaturated/α-hetero) is 1. The zero-order chi connectivity index (χ0) is 36.7. The molecule has 13 nitrogen and oxygen atoms in total. The summed E-state index contributed by atoms with van der Waals surface area (Å²) in [6.45, 7) is 5.99. The van der Waals surface area contributed by atoms with Crippen molar-refractivity contribution in [2.45, 2.75) is 82.7 Å². The van der Waals surface area contributed by atoms with Crippen molar-refractivity contribution in [2.75, 3.05) is 19.8 Å². The molecule has 0 unspecified atom stereocenters. The van der Waals surface area contributed by atoms with E-state index in [0.717, 1.165) is 0 Å². The van der Waals surface area contributed by atoms with E-state index in [9.17, 15) is 39.0 Å². The summed E-state index contributed by atoms with van der Waals surface area (Å²) >= 11 is 0. The van der Waals surface area contributed by atoms with Gasteiger partial charge < -0.3 is 33.9 Å². The van der Waals surface area contributed by atoms with Gasteiger partial charge in [-0.25, -0.2) is 14.4 Å². The van der Waals surface area contributed by atoms with E-state index in [1.807, 2.05) is 6.08 Å². The van der Waals surface area contributed by atoms with Crippen LogP contribution in [0.1, 0.15) is 59.8 Å². The van der Waals surface area contributed by atoms with Crippen LogP contribution in [0.5, 0.6) is 0 Å². The fourth-order valence-corrected chi connectivity index (χ4v) is 12.9. The zero-order valence-electron chi connectivity index (χ0n) is 29.3. The Morgan fingerprint density at radius 3 is 2.29 bits per heavy atom. The van der Waals surface area contributed by atoms with Crippen LogP contribution in [-0.2, 0) is 52.5 Å². The number of rotatable bonds is 0. The Morgan fingerprint density at radius 1 is 0.846 bits per heavy atom. The zero-order valence-corrected chi connectivity index (χ0v) is 29.3. The third kappa shape index (κ3) is 3.49. The average molecular weight is 717 g/mol. The molecule has 13 atom stereocenters. The molecule has 6 saturated carbocycles. The number of hydrogen-bond donors (Lipinski definition) is 2. The summed E-state index contributed by atoms with van der Waals surface area (Å²) in [5.74, 6) is -6.84. The first-order valence-electron chi connectivity index (χ1n) is 18.3. The van der Waals surface area contributed by atoms with E-state index in [2.05, 4.69) is 6.92 Å². The lowest BCUT2D eigenvalue weighted by molar-refractivity contribution is -0.220. The van der Waals surface area contributed by atoms with Crippen molar-refractivity contribution in [1.29, 1.82) is 0 Å². The van der Waals surface area contributed by atoms with E-state index in [4.69, 9.17) is 23.7 Å². The van der Waals surface area contributed by atoms with Gasteiger partial charge in [0.25, 0.3) is 0 Å². The SMILES string of the molecule is CC1=CC(=O)OC[C@]2(O)[C@H]3C[C@H]3[C@]3(C)[C@@H]4C=C5[C@H]6C[C@H]6[C@]6(C)C(=O)[C@H]7OC(=O)C(C)=C7[C@H]([C@@]47OC(=O)C(=C7C[C@@H]23)COC(=O)CCC(=O)OC1)[C@]56O. The summed E-state index contributed by atoms with van der Waals surface area (Å²) in [5, 5.41) is 26.0. The third-order valence-electron chi connectivity index (χ3n) is 15.3. The molecular weight excluding hydrogens is 676 g/mol. The first-order chi connectivity index (χ1) is 24.5. The molecule has 0 saturated heterocycles. The number of carbonyl (C=O) groups excluding carboxylic acids is 6. The van der Waals surface area contributed by atoms with Gasteiger partial charge in [-0.15, -0.1) is 0 Å². The molecule has 274 valence electrons. The average Bonchev–Trinajstić information content (AvgIpc) is 4.00. The van der Waals surface area contributed by atoms with Crippen molar-refractivity contribution < 1.29 is 62.7 Å². The van der Waals surface area contributed by atoms with Crippen LogP contribution in [0.25, 0.3) is 0 Å². The van der Waals surface area contributed by atoms with E-state index in [0.29, 0.717) is 35.1 Å². The topological polar surface area (TPSA) is 189 Å². The summed E-state index contributed by atoms with van der Waals surface area (Å²) in [6, 6.07) is 0. The first-order valence-corrected chi connectivity index (χ1v) is 18.3. The van der Waals surface area contributed by atoms with E-state index in [1.54, 1.807) is 20.8 Å². The van der Waals surface area contributed by atoms with Crippen molar-refractivity contribution >= 4 is 35.6 Å². The maximum Gasteiger partial charge on any atom is 0.338 e. The molecule has 2 N–H and O–H groups in total. The lowest BCUT2D eigenvalue weighted by atomic mass is 9.40. The van der Waals surface area contributed by atoms with E-state index in [1.165, 1.54) is 6.08 Å². The summed E-state index contributed by atoms with van der Waals surface area (Å²) in [7, 11) is 0. The fraction of sp³-hybridized carbons (Fsp3) is 0.641. The van der Waals surface area contributed by atoms with Crippen molar-refractivity contribution in [3.8, 4) is 0 Å². The lowest BCUT2D eigenvalue weighted by Gasteiger charge is -2.66. The van der Waals surface area contributed by atoms with Gasteiger partial charge in [0.05, 0.1) is 29.7 Å². The van der Waals surface area contributed by atoms with Crippen LogP contribution < -0.4 is 0 Å². The number of cyclic esters (lactones) is 3. The van der Waals surface area contributed by atoms with Crippen molar-refractivity contribution in [3.05, 3.63) is 45.6 Å². The first kappa shape index (κ1) is 32.5. The molecule has 6 fully saturated rings. The van der Waals surface area contributed by atoms with Gasteiger partial charge in [-0.05, 0) is 91.4 Å². The molecule has 0 radical (unpaired) electrons. The number of carbonyl (C=O) groups is 6. The minimum Gasteiger partial charge on any atom is -0.461 e. The molecule has 10 aliphatic rings. The number of fused-ring (bicyclic) bond motifs is 9. The predicted octanol–water partition coefficient (Wildman–Crippen LogP) is 1.74. The molecule has 3 aliphatic heterocycles. The molecule has 10 rings (SSSR count). The molecule has 0 aromatic heterocycles. The van der Waals surface area contributed by atoms with Gasteiger partial charge in [-0.1, -0.05) is 13.0 Å². The molecule has 0 aromatic rings. The van der Waals surface area contributed by atoms with Crippen LogP contribution >= 0.6 is 0 Å². The molecule has 0 aromatic carbocycles. The standard InChI is InChI=1S/C39H40O13/c1-15-7-28(42)50-14-37(46)23-9-22(23)35(3)24(37)10-20-18(13-49-27(41)6-5-26(40)48-12-15)34(45)52-38(20)25(35)11-21-17-8-19(17)36(4)32(43)30-29(16(2)33(44)51-30)31(38)39(21,36)47/h7,11,17,19,22-25,30-31,46-47H,5-6,8-10,12-14H2,1-4H3/t17-,19+,22+,23-,24+,25-,30-,31+,35-,36+,37-,38-,39+/m0/s1. The minimum absolute atomic E-state index is 0.0461. The Morgan fingerprint density at radius 2 is 1.56 bits per heavy atom. The van der Waals surface area contributed by atoms with Crippen molar-refractivity contribution in [2.24, 2.45) is 52.3 Å². The van der Waals surface area contributed by atoms with Gasteiger partial charge in [0.2, 0.25) is 0 Å². The Hall–Kier alpha value is -4.10. The van der Waals surface area contributed by atoms with Gasteiger partial charge >= 0.3 is 29.8 Å². The van der Waals surface area contributed by atoms with E-state index < -0.39 is 87.9 Å². The van der Waals surface area contributed by atoms with Crippen LogP contribution in [0.2, 0.25) is 0 Å². The van der Waals surface area contributed by atoms with Gasteiger partial charge in [0.15, 0.2) is 17.5 Å². The van der Waals surface area contributed by atoms with Crippen LogP contribution in [0, 0.1) is 52.3 Å². The number of hydrogen-bond acceptors (Lipinski definition) is 13. The Labute approximate surface area is 298 Å². The van der Waals surface area contributed by atoms with Crippen molar-refractivity contribution in [1.82, 2.24) is 0 Å². The largest absolute Gasteiger partial charge is 0.461 e. The molecule has 52 heavy (non-hydrogen) atoms. The smallest absolute Gasteiger partial charge is 0.338 e. The number of ether oxygens (including phenoxy) is 5. The third-order valence-corrected chi connectivity index (χ3v) is 15.3. The molecule has 2 bridgehead atoms. The Kier molecular flexibility index (Phi) is 6.07. The second-order valence-corrected chi connectivity index (χ2v) is 17.3. The molecule has 7 aliphatic carbocycles. The van der Waals surface area contributed by atoms with Gasteiger partial charge in [-0.2, -0.15) is 0 Å². The van der Waals surface area contributed by atoms with E-state index >= 15 is 0 Å². The van der Waals surface area contributed by atoms with Gasteiger partial charge in [-0.3, -0.25) is 14.4 Å². The maximum atomic E-state index is 14.4. The second kappa shape index (κ2) is 9.71. The van der Waals surface area contributed by atoms with E-state index in [-0.39, 0.29) is 73.1 Å². The predicted molar refractivity (Wildman–Crippen MR) is 172 cm³/mol.